The van der Waals surface area contributed by atoms with Gasteiger partial charge in [-0.25, -0.2) is 9.37 Å². The molecule has 0 radical (unpaired) electrons. The quantitative estimate of drug-likeness (QED) is 0.485. The Kier molecular flexibility index (Phi) is 5.79. The number of rotatable bonds is 5. The predicted octanol–water partition coefficient (Wildman–Crippen LogP) is 1.30. The minimum atomic E-state index is -0.508. The number of carbonyl (C=O) groups is 1. The molecule has 1 amide bonds. The summed E-state index contributed by atoms with van der Waals surface area (Å²) in [5, 5.41) is 16.8. The number of halogens is 1. The van der Waals surface area contributed by atoms with Crippen LogP contribution in [-0.2, 0) is 17.9 Å². The Labute approximate surface area is 204 Å². The van der Waals surface area contributed by atoms with Crippen molar-refractivity contribution in [2.24, 2.45) is 0 Å². The first-order chi connectivity index (χ1) is 17.0. The van der Waals surface area contributed by atoms with Crippen molar-refractivity contribution < 1.29 is 14.3 Å². The fourth-order valence-electron chi connectivity index (χ4n) is 5.32. The zero-order valence-corrected chi connectivity index (χ0v) is 19.7. The summed E-state index contributed by atoms with van der Waals surface area (Å²) in [5.41, 5.74) is 2.42. The number of hydrogen-bond donors (Lipinski definition) is 3. The highest BCUT2D eigenvalue weighted by molar-refractivity contribution is 8.00. The molecule has 0 saturated carbocycles. The van der Waals surface area contributed by atoms with E-state index in [9.17, 15) is 19.1 Å². The van der Waals surface area contributed by atoms with E-state index >= 15 is 0 Å². The lowest BCUT2D eigenvalue weighted by Crippen LogP contribution is -2.54. The fraction of sp³-hybridized carbons (Fsp3) is 0.417. The van der Waals surface area contributed by atoms with Crippen LogP contribution in [0.3, 0.4) is 0 Å². The third-order valence-electron chi connectivity index (χ3n) is 7.02. The average Bonchev–Trinajstić information content (AvgIpc) is 3.24. The van der Waals surface area contributed by atoms with Gasteiger partial charge in [0.1, 0.15) is 11.6 Å². The standard InChI is InChI=1S/C24H25FN6O3S/c25-15-8-27-16-2-4-21(34)31-10-13(22(15)23(16)31)9-30-6-5-18(32)17(11-30)26-7-14-1-3-19-24(28-14)29-20(33)12-35-19/h1-4,8,13,17-18,26,32H,5-7,9-12H2,(H,28,29,33)/t13?,17?,18-/m1/s1. The average molecular weight is 497 g/mol. The van der Waals surface area contributed by atoms with Gasteiger partial charge in [-0.2, -0.15) is 0 Å². The van der Waals surface area contributed by atoms with Crippen LogP contribution >= 0.6 is 11.8 Å². The van der Waals surface area contributed by atoms with E-state index in [-0.39, 0.29) is 29.2 Å². The molecule has 11 heteroatoms. The van der Waals surface area contributed by atoms with Gasteiger partial charge in [-0.1, -0.05) is 0 Å². The number of fused-ring (bicyclic) bond motifs is 1. The van der Waals surface area contributed by atoms with Crippen LogP contribution in [0.4, 0.5) is 10.2 Å². The normalized spacial score (nSPS) is 23.9. The first kappa shape index (κ1) is 22.6. The first-order valence-corrected chi connectivity index (χ1v) is 12.7. The lowest BCUT2D eigenvalue weighted by atomic mass is 9.97. The van der Waals surface area contributed by atoms with Crippen molar-refractivity contribution in [3.05, 3.63) is 57.9 Å². The molecular formula is C24H25FN6O3S. The summed E-state index contributed by atoms with van der Waals surface area (Å²) in [6.07, 6.45) is 1.32. The number of hydrogen-bond acceptors (Lipinski definition) is 8. The molecule has 6 rings (SSSR count). The van der Waals surface area contributed by atoms with E-state index in [0.717, 1.165) is 10.6 Å². The number of aromatic nitrogens is 3. The van der Waals surface area contributed by atoms with Crippen molar-refractivity contribution in [2.75, 3.05) is 30.7 Å². The molecule has 0 bridgehead atoms. The van der Waals surface area contributed by atoms with Gasteiger partial charge in [0, 0.05) is 56.3 Å². The summed E-state index contributed by atoms with van der Waals surface area (Å²) >= 11 is 1.47. The van der Waals surface area contributed by atoms with Gasteiger partial charge in [-0.15, -0.1) is 11.8 Å². The van der Waals surface area contributed by atoms with Crippen LogP contribution in [0, 0.1) is 5.82 Å². The molecule has 0 aliphatic carbocycles. The third-order valence-corrected chi connectivity index (χ3v) is 8.07. The summed E-state index contributed by atoms with van der Waals surface area (Å²) in [5.74, 6) is 0.381. The molecule has 182 valence electrons. The van der Waals surface area contributed by atoms with Gasteiger partial charge in [-0.05, 0) is 24.6 Å². The smallest absolute Gasteiger partial charge is 0.251 e. The van der Waals surface area contributed by atoms with E-state index in [4.69, 9.17) is 0 Å². The molecule has 3 aliphatic heterocycles. The monoisotopic (exact) mass is 496 g/mol. The van der Waals surface area contributed by atoms with Gasteiger partial charge in [-0.3, -0.25) is 14.6 Å². The summed E-state index contributed by atoms with van der Waals surface area (Å²) in [6.45, 7) is 2.75. The molecule has 0 aromatic carbocycles. The van der Waals surface area contributed by atoms with Gasteiger partial charge >= 0.3 is 0 Å². The number of thioether (sulfide) groups is 1. The van der Waals surface area contributed by atoms with Crippen molar-refractivity contribution in [3.63, 3.8) is 0 Å². The van der Waals surface area contributed by atoms with Crippen LogP contribution in [0.1, 0.15) is 23.6 Å². The van der Waals surface area contributed by atoms with Crippen molar-refractivity contribution in [1.29, 1.82) is 0 Å². The summed E-state index contributed by atoms with van der Waals surface area (Å²) in [7, 11) is 0. The van der Waals surface area contributed by atoms with Crippen molar-refractivity contribution >= 4 is 34.5 Å². The minimum absolute atomic E-state index is 0.0577. The van der Waals surface area contributed by atoms with Crippen LogP contribution in [0.2, 0.25) is 0 Å². The maximum atomic E-state index is 14.8. The van der Waals surface area contributed by atoms with Crippen molar-refractivity contribution in [2.45, 2.75) is 42.5 Å². The second-order valence-corrected chi connectivity index (χ2v) is 10.3. The van der Waals surface area contributed by atoms with Gasteiger partial charge in [0.15, 0.2) is 0 Å². The van der Waals surface area contributed by atoms with Crippen molar-refractivity contribution in [3.8, 4) is 0 Å². The molecule has 3 aliphatic rings. The molecule has 3 aromatic heterocycles. The number of amides is 1. The molecule has 6 heterocycles. The second kappa shape index (κ2) is 8.98. The lowest BCUT2D eigenvalue weighted by Gasteiger charge is -2.38. The Bertz CT molecular complexity index is 1380. The van der Waals surface area contributed by atoms with Gasteiger partial charge in [0.05, 0.1) is 39.7 Å². The summed E-state index contributed by atoms with van der Waals surface area (Å²) in [4.78, 5) is 35.9. The number of aliphatic hydroxyl groups excluding tert-OH is 1. The summed E-state index contributed by atoms with van der Waals surface area (Å²) in [6, 6.07) is 6.83. The largest absolute Gasteiger partial charge is 0.391 e. The van der Waals surface area contributed by atoms with Crippen LogP contribution in [0.25, 0.3) is 11.0 Å². The molecule has 2 unspecified atom stereocenters. The SMILES string of the molecule is O=C1CSc2ccc(CNC3CN(CC4Cn5c(=O)ccc6ncc(F)c4c65)CC[C@H]3O)nc2N1. The molecule has 35 heavy (non-hydrogen) atoms. The van der Waals surface area contributed by atoms with Crippen LogP contribution < -0.4 is 16.2 Å². The Morgan fingerprint density at radius 2 is 2.11 bits per heavy atom. The van der Waals surface area contributed by atoms with Crippen molar-refractivity contribution in [1.82, 2.24) is 24.8 Å². The lowest BCUT2D eigenvalue weighted by molar-refractivity contribution is -0.113. The number of pyridine rings is 3. The van der Waals surface area contributed by atoms with Gasteiger partial charge in [0.2, 0.25) is 5.91 Å². The number of aliphatic hydroxyl groups is 1. The first-order valence-electron chi connectivity index (χ1n) is 11.7. The molecular weight excluding hydrogens is 471 g/mol. The number of nitrogens with zero attached hydrogens (tertiary/aromatic N) is 4. The highest BCUT2D eigenvalue weighted by atomic mass is 32.2. The Balaban J connectivity index is 1.14. The molecule has 0 spiro atoms. The van der Waals surface area contributed by atoms with Gasteiger partial charge < -0.3 is 25.2 Å². The van der Waals surface area contributed by atoms with E-state index in [1.54, 1.807) is 10.6 Å². The zero-order valence-electron chi connectivity index (χ0n) is 18.9. The summed E-state index contributed by atoms with van der Waals surface area (Å²) < 4.78 is 16.4. The molecule has 1 saturated heterocycles. The number of anilines is 1. The minimum Gasteiger partial charge on any atom is -0.391 e. The second-order valence-electron chi connectivity index (χ2n) is 9.32. The van der Waals surface area contributed by atoms with Crippen LogP contribution in [0.5, 0.6) is 0 Å². The highest BCUT2D eigenvalue weighted by Crippen LogP contribution is 2.35. The fourth-order valence-corrected chi connectivity index (χ4v) is 6.07. The predicted molar refractivity (Wildman–Crippen MR) is 130 cm³/mol. The van der Waals surface area contributed by atoms with E-state index in [2.05, 4.69) is 25.5 Å². The Morgan fingerprint density at radius 1 is 1.23 bits per heavy atom. The molecule has 3 aromatic rings. The van der Waals surface area contributed by atoms with E-state index in [1.807, 2.05) is 12.1 Å². The maximum absolute atomic E-state index is 14.8. The third kappa shape index (κ3) is 4.22. The Morgan fingerprint density at radius 3 is 3.00 bits per heavy atom. The highest BCUT2D eigenvalue weighted by Gasteiger charge is 2.34. The number of carbonyl (C=O) groups excluding carboxylic acids is 1. The molecule has 3 N–H and O–H groups in total. The Hall–Kier alpha value is -2.86. The molecule has 3 atom stereocenters. The molecule has 1 fully saturated rings. The number of likely N-dealkylation sites (tertiary alicyclic amines) is 1. The van der Waals surface area contributed by atoms with Crippen LogP contribution in [-0.4, -0.2) is 68.0 Å². The van der Waals surface area contributed by atoms with Gasteiger partial charge in [0.25, 0.3) is 5.56 Å². The van der Waals surface area contributed by atoms with E-state index in [0.29, 0.717) is 67.3 Å². The zero-order chi connectivity index (χ0) is 24.1. The van der Waals surface area contributed by atoms with E-state index in [1.165, 1.54) is 24.0 Å². The number of nitrogens with one attached hydrogen (secondary N) is 2. The number of piperidine rings is 1. The maximum Gasteiger partial charge on any atom is 0.251 e. The molecule has 9 nitrogen and oxygen atoms in total. The van der Waals surface area contributed by atoms with E-state index < -0.39 is 6.10 Å². The topological polar surface area (TPSA) is 112 Å². The van der Waals surface area contributed by atoms with Crippen LogP contribution in [0.15, 0.2) is 40.2 Å².